The number of rotatable bonds is 6. The van der Waals surface area contributed by atoms with Gasteiger partial charge in [-0.3, -0.25) is 4.79 Å². The molecule has 1 aliphatic heterocycles. The molecule has 8 heteroatoms. The van der Waals surface area contributed by atoms with Gasteiger partial charge in [0.05, 0.1) is 13.1 Å². The summed E-state index contributed by atoms with van der Waals surface area (Å²) in [6.07, 6.45) is 0. The number of carbonyl (C=O) groups excluding carboxylic acids is 1. The lowest BCUT2D eigenvalue weighted by Gasteiger charge is -2.35. The van der Waals surface area contributed by atoms with Gasteiger partial charge >= 0.3 is 0 Å². The molecule has 0 unspecified atom stereocenters. The van der Waals surface area contributed by atoms with E-state index in [-0.39, 0.29) is 18.0 Å². The molecular weight excluding hydrogens is 400 g/mol. The molecule has 0 aromatic heterocycles. The Hall–Kier alpha value is -1.99. The van der Waals surface area contributed by atoms with Gasteiger partial charge in [0.2, 0.25) is 5.91 Å². The van der Waals surface area contributed by atoms with Crippen LogP contribution in [0, 0.1) is 0 Å². The highest BCUT2D eigenvalue weighted by Gasteiger charge is 2.20. The molecule has 2 N–H and O–H groups in total. The normalized spacial score (nSPS) is 15.8. The van der Waals surface area contributed by atoms with Crippen molar-refractivity contribution in [1.82, 2.24) is 20.4 Å². The molecule has 1 aromatic rings. The molecule has 1 aliphatic rings. The van der Waals surface area contributed by atoms with E-state index in [1.165, 1.54) is 0 Å². The van der Waals surface area contributed by atoms with Gasteiger partial charge < -0.3 is 25.3 Å². The number of benzene rings is 1. The van der Waals surface area contributed by atoms with E-state index in [0.717, 1.165) is 49.0 Å². The molecule has 0 atom stereocenters. The predicted octanol–water partition coefficient (Wildman–Crippen LogP) is 2.40. The Labute approximate surface area is 186 Å². The number of halogens is 1. The zero-order valence-electron chi connectivity index (χ0n) is 19.3. The highest BCUT2D eigenvalue weighted by atomic mass is 35.5. The van der Waals surface area contributed by atoms with Gasteiger partial charge in [-0.15, -0.1) is 0 Å². The number of amides is 1. The van der Waals surface area contributed by atoms with Crippen LogP contribution in [0.2, 0.25) is 5.02 Å². The average Bonchev–Trinajstić information content (AvgIpc) is 2.64. The maximum absolute atomic E-state index is 12.3. The second kappa shape index (κ2) is 10.9. The quantitative estimate of drug-likeness (QED) is 0.529. The lowest BCUT2D eigenvalue weighted by Crippen LogP contribution is -2.48. The fourth-order valence-electron chi connectivity index (χ4n) is 3.42. The number of nitrogens with one attached hydrogen (secondary N) is 2. The highest BCUT2D eigenvalue weighted by Crippen LogP contribution is 2.29. The first-order valence-electron chi connectivity index (χ1n) is 10.6. The van der Waals surface area contributed by atoms with Crippen molar-refractivity contribution >= 4 is 29.2 Å². The van der Waals surface area contributed by atoms with Gasteiger partial charge in [-0.05, 0) is 46.9 Å². The number of carbonyl (C=O) groups is 1. The van der Waals surface area contributed by atoms with Crippen molar-refractivity contribution in [2.75, 3.05) is 58.3 Å². The predicted molar refractivity (Wildman–Crippen MR) is 127 cm³/mol. The first-order valence-corrected chi connectivity index (χ1v) is 11.0. The van der Waals surface area contributed by atoms with Crippen molar-refractivity contribution in [3.63, 3.8) is 0 Å². The van der Waals surface area contributed by atoms with E-state index in [4.69, 9.17) is 16.6 Å². The second-order valence-electron chi connectivity index (χ2n) is 8.85. The molecule has 2 rings (SSSR count). The fourth-order valence-corrected chi connectivity index (χ4v) is 3.65. The van der Waals surface area contributed by atoms with Gasteiger partial charge in [0.15, 0.2) is 5.96 Å². The number of aliphatic imine (C=N–C) groups is 1. The van der Waals surface area contributed by atoms with Crippen molar-refractivity contribution in [1.29, 1.82) is 0 Å². The molecular formula is C22H37ClN6O. The SMILES string of the molecule is CCNC(=NCc1c(Cl)cccc1N1CCN(C)CC1)N(C)CC(=O)NC(C)(C)C. The van der Waals surface area contributed by atoms with Crippen molar-refractivity contribution in [3.8, 4) is 0 Å². The molecule has 0 spiro atoms. The van der Waals surface area contributed by atoms with Crippen LogP contribution in [-0.4, -0.2) is 80.6 Å². The molecule has 1 aromatic carbocycles. The summed E-state index contributed by atoms with van der Waals surface area (Å²) in [5, 5.41) is 6.99. The molecule has 1 fully saturated rings. The van der Waals surface area contributed by atoms with Crippen LogP contribution in [0.4, 0.5) is 5.69 Å². The highest BCUT2D eigenvalue weighted by molar-refractivity contribution is 6.31. The molecule has 0 bridgehead atoms. The summed E-state index contributed by atoms with van der Waals surface area (Å²) in [5.74, 6) is 0.650. The van der Waals surface area contributed by atoms with Crippen LogP contribution in [0.3, 0.4) is 0 Å². The largest absolute Gasteiger partial charge is 0.369 e. The third-order valence-electron chi connectivity index (χ3n) is 4.92. The van der Waals surface area contributed by atoms with E-state index in [9.17, 15) is 4.79 Å². The summed E-state index contributed by atoms with van der Waals surface area (Å²) < 4.78 is 0. The van der Waals surface area contributed by atoms with Crippen LogP contribution in [0.5, 0.6) is 0 Å². The average molecular weight is 437 g/mol. The molecule has 30 heavy (non-hydrogen) atoms. The molecule has 7 nitrogen and oxygen atoms in total. The fraction of sp³-hybridized carbons (Fsp3) is 0.636. The van der Waals surface area contributed by atoms with E-state index in [2.05, 4.69) is 33.5 Å². The Morgan fingerprint density at radius 1 is 1.23 bits per heavy atom. The molecule has 0 saturated carbocycles. The molecule has 1 saturated heterocycles. The molecule has 0 radical (unpaired) electrons. The minimum absolute atomic E-state index is 0.0357. The van der Waals surface area contributed by atoms with Crippen LogP contribution in [0.25, 0.3) is 0 Å². The molecule has 168 valence electrons. The number of anilines is 1. The number of hydrogen-bond donors (Lipinski definition) is 2. The zero-order valence-corrected chi connectivity index (χ0v) is 20.0. The van der Waals surface area contributed by atoms with E-state index < -0.39 is 0 Å². The van der Waals surface area contributed by atoms with Crippen molar-refractivity contribution in [2.24, 2.45) is 4.99 Å². The summed E-state index contributed by atoms with van der Waals surface area (Å²) in [4.78, 5) is 23.7. The number of piperazine rings is 1. The maximum atomic E-state index is 12.3. The summed E-state index contributed by atoms with van der Waals surface area (Å²) in [6, 6.07) is 6.03. The van der Waals surface area contributed by atoms with Crippen LogP contribution in [-0.2, 0) is 11.3 Å². The van der Waals surface area contributed by atoms with E-state index in [0.29, 0.717) is 12.5 Å². The lowest BCUT2D eigenvalue weighted by molar-refractivity contribution is -0.122. The maximum Gasteiger partial charge on any atom is 0.240 e. The van der Waals surface area contributed by atoms with Crippen molar-refractivity contribution < 1.29 is 4.79 Å². The summed E-state index contributed by atoms with van der Waals surface area (Å²) in [5.41, 5.74) is 1.90. The zero-order chi connectivity index (χ0) is 22.3. The number of guanidine groups is 1. The monoisotopic (exact) mass is 436 g/mol. The lowest BCUT2D eigenvalue weighted by atomic mass is 10.1. The van der Waals surface area contributed by atoms with Crippen molar-refractivity contribution in [3.05, 3.63) is 28.8 Å². The first-order chi connectivity index (χ1) is 14.1. The van der Waals surface area contributed by atoms with Crippen LogP contribution in [0.15, 0.2) is 23.2 Å². The number of hydrogen-bond acceptors (Lipinski definition) is 4. The Morgan fingerprint density at radius 3 is 2.50 bits per heavy atom. The van der Waals surface area contributed by atoms with Gasteiger partial charge in [0.1, 0.15) is 0 Å². The minimum Gasteiger partial charge on any atom is -0.369 e. The number of likely N-dealkylation sites (N-methyl/N-ethyl adjacent to an activating group) is 2. The third kappa shape index (κ3) is 7.36. The minimum atomic E-state index is -0.262. The van der Waals surface area contributed by atoms with Gasteiger partial charge in [0, 0.05) is 61.6 Å². The van der Waals surface area contributed by atoms with Crippen LogP contribution < -0.4 is 15.5 Å². The Kier molecular flexibility index (Phi) is 8.79. The standard InChI is InChI=1S/C22H37ClN6O/c1-7-24-21(28(6)16-20(30)26-22(2,3)4)25-15-17-18(23)9-8-10-19(17)29-13-11-27(5)12-14-29/h8-10H,7,11-16H2,1-6H3,(H,24,25)(H,26,30). The van der Waals surface area contributed by atoms with E-state index in [1.54, 1.807) is 0 Å². The Bertz CT molecular complexity index is 738. The van der Waals surface area contributed by atoms with Crippen LogP contribution in [0.1, 0.15) is 33.3 Å². The van der Waals surface area contributed by atoms with Gasteiger partial charge in [-0.25, -0.2) is 4.99 Å². The van der Waals surface area contributed by atoms with E-state index in [1.807, 2.05) is 51.8 Å². The van der Waals surface area contributed by atoms with Gasteiger partial charge in [-0.1, -0.05) is 17.7 Å². The van der Waals surface area contributed by atoms with E-state index >= 15 is 0 Å². The first kappa shape index (κ1) is 24.3. The summed E-state index contributed by atoms with van der Waals surface area (Å²) >= 11 is 6.57. The summed E-state index contributed by atoms with van der Waals surface area (Å²) in [7, 11) is 4.02. The Balaban J connectivity index is 2.16. The third-order valence-corrected chi connectivity index (χ3v) is 5.27. The van der Waals surface area contributed by atoms with Gasteiger partial charge in [-0.2, -0.15) is 0 Å². The smallest absolute Gasteiger partial charge is 0.240 e. The molecule has 1 amide bonds. The molecule has 0 aliphatic carbocycles. The second-order valence-corrected chi connectivity index (χ2v) is 9.26. The summed E-state index contributed by atoms with van der Waals surface area (Å²) in [6.45, 7) is 13.4. The molecule has 1 heterocycles. The van der Waals surface area contributed by atoms with Gasteiger partial charge in [0.25, 0.3) is 0 Å². The number of nitrogens with zero attached hydrogens (tertiary/aromatic N) is 4. The Morgan fingerprint density at radius 2 is 1.90 bits per heavy atom. The van der Waals surface area contributed by atoms with Crippen molar-refractivity contribution in [2.45, 2.75) is 39.8 Å². The topological polar surface area (TPSA) is 63.2 Å². The van der Waals surface area contributed by atoms with Crippen LogP contribution >= 0.6 is 11.6 Å².